The predicted octanol–water partition coefficient (Wildman–Crippen LogP) is 4.38. The van der Waals surface area contributed by atoms with E-state index in [0.29, 0.717) is 27.3 Å². The molecular weight excluding hydrogens is 331 g/mol. The summed E-state index contributed by atoms with van der Waals surface area (Å²) in [6.45, 7) is 0.657. The lowest BCUT2D eigenvalue weighted by Crippen LogP contribution is -2.27. The fraction of sp³-hybridized carbons (Fsp3) is 0.133. The Kier molecular flexibility index (Phi) is 5.88. The van der Waals surface area contributed by atoms with Crippen LogP contribution in [-0.2, 0) is 11.3 Å². The molecule has 0 spiro atoms. The Labute approximate surface area is 138 Å². The van der Waals surface area contributed by atoms with E-state index < -0.39 is 0 Å². The number of benzene rings is 2. The van der Waals surface area contributed by atoms with Crippen molar-refractivity contribution in [3.63, 3.8) is 0 Å². The smallest absolute Gasteiger partial charge is 0.238 e. The molecule has 6 heteroatoms. The van der Waals surface area contributed by atoms with E-state index in [9.17, 15) is 4.79 Å². The fourth-order valence-electron chi connectivity index (χ4n) is 1.74. The van der Waals surface area contributed by atoms with Gasteiger partial charge in [-0.1, -0.05) is 53.0 Å². The van der Waals surface area contributed by atoms with Gasteiger partial charge in [-0.05, 0) is 29.8 Å². The number of nitrogens with one attached hydrogen (secondary N) is 2. The van der Waals surface area contributed by atoms with Crippen molar-refractivity contribution in [3.05, 3.63) is 63.1 Å². The van der Waals surface area contributed by atoms with Gasteiger partial charge in [-0.15, -0.1) is 0 Å². The zero-order valence-electron chi connectivity index (χ0n) is 11.0. The molecule has 0 aliphatic rings. The molecule has 0 atom stereocenters. The summed E-state index contributed by atoms with van der Waals surface area (Å²) in [6.07, 6.45) is 0. The van der Waals surface area contributed by atoms with Crippen molar-refractivity contribution in [2.45, 2.75) is 6.54 Å². The van der Waals surface area contributed by atoms with Crippen LogP contribution in [0.1, 0.15) is 5.56 Å². The van der Waals surface area contributed by atoms with Gasteiger partial charge in [0.1, 0.15) is 0 Å². The second-order valence-corrected chi connectivity index (χ2v) is 5.62. The molecule has 2 aromatic carbocycles. The molecule has 0 saturated carbocycles. The Morgan fingerprint density at radius 1 is 1.00 bits per heavy atom. The summed E-state index contributed by atoms with van der Waals surface area (Å²) in [5.74, 6) is -0.203. The van der Waals surface area contributed by atoms with E-state index in [-0.39, 0.29) is 12.5 Å². The van der Waals surface area contributed by atoms with Crippen molar-refractivity contribution in [2.24, 2.45) is 0 Å². The van der Waals surface area contributed by atoms with Crippen LogP contribution in [0.25, 0.3) is 0 Å². The van der Waals surface area contributed by atoms with Crippen LogP contribution in [0.4, 0.5) is 5.69 Å². The SMILES string of the molecule is O=C(CNCc1ccccc1Cl)Nc1cc(Cl)ccc1Cl. The highest BCUT2D eigenvalue weighted by Gasteiger charge is 2.07. The first kappa shape index (κ1) is 16.1. The van der Waals surface area contributed by atoms with Gasteiger partial charge in [0.2, 0.25) is 5.91 Å². The van der Waals surface area contributed by atoms with Crippen LogP contribution < -0.4 is 10.6 Å². The summed E-state index contributed by atoms with van der Waals surface area (Å²) in [5.41, 5.74) is 1.43. The van der Waals surface area contributed by atoms with E-state index >= 15 is 0 Å². The Bertz CT molecular complexity index is 647. The van der Waals surface area contributed by atoms with Crippen molar-refractivity contribution in [1.82, 2.24) is 5.32 Å². The largest absolute Gasteiger partial charge is 0.324 e. The summed E-state index contributed by atoms with van der Waals surface area (Å²) in [7, 11) is 0. The Morgan fingerprint density at radius 3 is 2.52 bits per heavy atom. The molecule has 2 N–H and O–H groups in total. The Balaban J connectivity index is 1.85. The topological polar surface area (TPSA) is 41.1 Å². The van der Waals surface area contributed by atoms with Gasteiger partial charge in [-0.2, -0.15) is 0 Å². The first-order valence-corrected chi connectivity index (χ1v) is 7.38. The molecule has 2 aromatic rings. The summed E-state index contributed by atoms with van der Waals surface area (Å²) in [6, 6.07) is 12.4. The lowest BCUT2D eigenvalue weighted by Gasteiger charge is -2.09. The second-order valence-electron chi connectivity index (χ2n) is 4.37. The van der Waals surface area contributed by atoms with Gasteiger partial charge in [-0.3, -0.25) is 4.79 Å². The molecule has 0 fully saturated rings. The maximum atomic E-state index is 11.8. The molecule has 21 heavy (non-hydrogen) atoms. The van der Waals surface area contributed by atoms with E-state index in [0.717, 1.165) is 5.56 Å². The molecule has 0 unspecified atom stereocenters. The maximum absolute atomic E-state index is 11.8. The molecule has 0 saturated heterocycles. The highest BCUT2D eigenvalue weighted by atomic mass is 35.5. The average molecular weight is 344 g/mol. The first-order chi connectivity index (χ1) is 10.1. The lowest BCUT2D eigenvalue weighted by molar-refractivity contribution is -0.115. The Hall–Kier alpha value is -1.26. The second kappa shape index (κ2) is 7.66. The van der Waals surface area contributed by atoms with Gasteiger partial charge < -0.3 is 10.6 Å². The molecule has 0 heterocycles. The number of halogens is 3. The molecule has 1 amide bonds. The van der Waals surface area contributed by atoms with Gasteiger partial charge in [0.25, 0.3) is 0 Å². The van der Waals surface area contributed by atoms with Crippen LogP contribution in [0.5, 0.6) is 0 Å². The summed E-state index contributed by atoms with van der Waals surface area (Å²) >= 11 is 17.9. The van der Waals surface area contributed by atoms with Crippen molar-refractivity contribution in [3.8, 4) is 0 Å². The number of hydrogen-bond acceptors (Lipinski definition) is 2. The lowest BCUT2D eigenvalue weighted by atomic mass is 10.2. The predicted molar refractivity (Wildman–Crippen MR) is 88.3 cm³/mol. The molecule has 2 rings (SSSR count). The van der Waals surface area contributed by atoms with Crippen LogP contribution in [0.3, 0.4) is 0 Å². The fourth-order valence-corrected chi connectivity index (χ4v) is 2.28. The van der Waals surface area contributed by atoms with E-state index in [4.69, 9.17) is 34.8 Å². The number of amides is 1. The highest BCUT2D eigenvalue weighted by molar-refractivity contribution is 6.35. The summed E-state index contributed by atoms with van der Waals surface area (Å²) < 4.78 is 0. The molecule has 0 bridgehead atoms. The number of carbonyl (C=O) groups is 1. The molecule has 0 aromatic heterocycles. The first-order valence-electron chi connectivity index (χ1n) is 6.25. The number of carbonyl (C=O) groups excluding carboxylic acids is 1. The molecule has 110 valence electrons. The van der Waals surface area contributed by atoms with E-state index in [1.807, 2.05) is 24.3 Å². The summed E-state index contributed by atoms with van der Waals surface area (Å²) in [4.78, 5) is 11.8. The standard InChI is InChI=1S/C15H13Cl3N2O/c16-11-5-6-13(18)14(7-11)20-15(21)9-19-8-10-3-1-2-4-12(10)17/h1-7,19H,8-9H2,(H,20,21). The van der Waals surface area contributed by atoms with Crippen molar-refractivity contribution in [2.75, 3.05) is 11.9 Å². The van der Waals surface area contributed by atoms with Gasteiger partial charge in [0, 0.05) is 16.6 Å². The minimum absolute atomic E-state index is 0.147. The van der Waals surface area contributed by atoms with Gasteiger partial charge in [0.15, 0.2) is 0 Å². The summed E-state index contributed by atoms with van der Waals surface area (Å²) in [5, 5.41) is 7.35. The molecular formula is C15H13Cl3N2O. The van der Waals surface area contributed by atoms with Crippen LogP contribution in [-0.4, -0.2) is 12.5 Å². The van der Waals surface area contributed by atoms with Crippen molar-refractivity contribution >= 4 is 46.4 Å². The van der Waals surface area contributed by atoms with Crippen LogP contribution in [0.15, 0.2) is 42.5 Å². The van der Waals surface area contributed by atoms with Crippen LogP contribution in [0.2, 0.25) is 15.1 Å². The van der Waals surface area contributed by atoms with Crippen LogP contribution >= 0.6 is 34.8 Å². The third kappa shape index (κ3) is 4.90. The Morgan fingerprint density at radius 2 is 1.76 bits per heavy atom. The van der Waals surface area contributed by atoms with Crippen LogP contribution in [0, 0.1) is 0 Å². The van der Waals surface area contributed by atoms with Gasteiger partial charge in [0.05, 0.1) is 17.3 Å². The van der Waals surface area contributed by atoms with Crippen molar-refractivity contribution in [1.29, 1.82) is 0 Å². The van der Waals surface area contributed by atoms with E-state index in [2.05, 4.69) is 10.6 Å². The van der Waals surface area contributed by atoms with Gasteiger partial charge in [-0.25, -0.2) is 0 Å². The maximum Gasteiger partial charge on any atom is 0.238 e. The molecule has 0 aliphatic heterocycles. The minimum atomic E-state index is -0.203. The zero-order valence-corrected chi connectivity index (χ0v) is 13.3. The molecule has 0 aliphatic carbocycles. The third-order valence-electron chi connectivity index (χ3n) is 2.76. The number of hydrogen-bond donors (Lipinski definition) is 2. The van der Waals surface area contributed by atoms with E-state index in [1.165, 1.54) is 0 Å². The monoisotopic (exact) mass is 342 g/mol. The molecule has 0 radical (unpaired) electrons. The minimum Gasteiger partial charge on any atom is -0.324 e. The quantitative estimate of drug-likeness (QED) is 0.846. The number of rotatable bonds is 5. The third-order valence-corrected chi connectivity index (χ3v) is 3.69. The molecule has 3 nitrogen and oxygen atoms in total. The van der Waals surface area contributed by atoms with Crippen molar-refractivity contribution < 1.29 is 4.79 Å². The van der Waals surface area contributed by atoms with Gasteiger partial charge >= 0.3 is 0 Å². The normalized spacial score (nSPS) is 10.4. The zero-order chi connectivity index (χ0) is 15.2. The average Bonchev–Trinajstić information content (AvgIpc) is 2.45. The highest BCUT2D eigenvalue weighted by Crippen LogP contribution is 2.25. The van der Waals surface area contributed by atoms with E-state index in [1.54, 1.807) is 18.2 Å². The number of anilines is 1.